The highest BCUT2D eigenvalue weighted by Gasteiger charge is 2.37. The van der Waals surface area contributed by atoms with E-state index in [2.05, 4.69) is 5.32 Å². The molecule has 2 rings (SSSR count). The Morgan fingerprint density at radius 3 is 2.42 bits per heavy atom. The number of benzene rings is 1. The van der Waals surface area contributed by atoms with Gasteiger partial charge in [-0.3, -0.25) is 10.1 Å². The minimum Gasteiger partial charge on any atom is -0.388 e. The number of nitro groups is 1. The SMILES string of the molecule is O=[N+]([O-])c1ccc(NC2OC[C@@H](O)[C@H](O)[C@@H]2O)cc1. The van der Waals surface area contributed by atoms with Crippen molar-refractivity contribution in [3.05, 3.63) is 34.4 Å². The van der Waals surface area contributed by atoms with Crippen molar-refractivity contribution < 1.29 is 25.0 Å². The van der Waals surface area contributed by atoms with E-state index in [0.717, 1.165) is 0 Å². The van der Waals surface area contributed by atoms with E-state index in [1.165, 1.54) is 24.3 Å². The molecule has 0 aromatic heterocycles. The molecule has 104 valence electrons. The van der Waals surface area contributed by atoms with Crippen LogP contribution >= 0.6 is 0 Å². The predicted octanol–water partition coefficient (Wildman–Crippen LogP) is -0.554. The summed E-state index contributed by atoms with van der Waals surface area (Å²) in [6.45, 7) is -0.108. The number of nitrogens with zero attached hydrogens (tertiary/aromatic N) is 1. The molecule has 1 aromatic carbocycles. The number of rotatable bonds is 3. The third-order valence-electron chi connectivity index (χ3n) is 2.89. The normalized spacial score (nSPS) is 30.9. The van der Waals surface area contributed by atoms with Crippen LogP contribution in [0.2, 0.25) is 0 Å². The molecule has 1 aliphatic heterocycles. The van der Waals surface area contributed by atoms with Gasteiger partial charge in [0.15, 0.2) is 6.23 Å². The van der Waals surface area contributed by atoms with E-state index in [4.69, 9.17) is 4.74 Å². The van der Waals surface area contributed by atoms with Crippen LogP contribution in [-0.4, -0.2) is 51.4 Å². The van der Waals surface area contributed by atoms with Crippen molar-refractivity contribution in [1.82, 2.24) is 0 Å². The van der Waals surface area contributed by atoms with Crippen LogP contribution in [0.5, 0.6) is 0 Å². The molecule has 1 saturated heterocycles. The van der Waals surface area contributed by atoms with Crippen molar-refractivity contribution in [2.75, 3.05) is 11.9 Å². The minimum absolute atomic E-state index is 0.0499. The highest BCUT2D eigenvalue weighted by atomic mass is 16.6. The second-order valence-corrected chi connectivity index (χ2v) is 4.25. The van der Waals surface area contributed by atoms with Crippen molar-refractivity contribution in [2.24, 2.45) is 0 Å². The zero-order valence-electron chi connectivity index (χ0n) is 9.84. The summed E-state index contributed by atoms with van der Waals surface area (Å²) in [6.07, 6.45) is -4.62. The summed E-state index contributed by atoms with van der Waals surface area (Å²) in [5, 5.41) is 41.8. The molecule has 0 spiro atoms. The van der Waals surface area contributed by atoms with Gasteiger partial charge in [0.05, 0.1) is 11.5 Å². The zero-order chi connectivity index (χ0) is 14.0. The van der Waals surface area contributed by atoms with Gasteiger partial charge in [-0.05, 0) is 12.1 Å². The molecule has 0 radical (unpaired) electrons. The maximum Gasteiger partial charge on any atom is 0.269 e. The maximum absolute atomic E-state index is 10.5. The van der Waals surface area contributed by atoms with Crippen LogP contribution in [-0.2, 0) is 4.74 Å². The van der Waals surface area contributed by atoms with E-state index in [0.29, 0.717) is 5.69 Å². The highest BCUT2D eigenvalue weighted by Crippen LogP contribution is 2.20. The predicted molar refractivity (Wildman–Crippen MR) is 64.5 cm³/mol. The molecule has 1 aliphatic rings. The number of nitro benzene ring substituents is 1. The van der Waals surface area contributed by atoms with E-state index in [-0.39, 0.29) is 12.3 Å². The van der Waals surface area contributed by atoms with Crippen molar-refractivity contribution in [3.8, 4) is 0 Å². The molecule has 4 atom stereocenters. The van der Waals surface area contributed by atoms with E-state index in [1.54, 1.807) is 0 Å². The van der Waals surface area contributed by atoms with E-state index in [9.17, 15) is 25.4 Å². The van der Waals surface area contributed by atoms with Gasteiger partial charge in [0.25, 0.3) is 5.69 Å². The maximum atomic E-state index is 10.5. The van der Waals surface area contributed by atoms with Gasteiger partial charge in [-0.15, -0.1) is 0 Å². The number of aliphatic hydroxyl groups excluding tert-OH is 3. The highest BCUT2D eigenvalue weighted by molar-refractivity contribution is 5.49. The monoisotopic (exact) mass is 270 g/mol. The Balaban J connectivity index is 2.03. The first-order valence-electron chi connectivity index (χ1n) is 5.66. The molecule has 1 fully saturated rings. The average molecular weight is 270 g/mol. The Labute approximate surface area is 108 Å². The van der Waals surface area contributed by atoms with Gasteiger partial charge in [0.2, 0.25) is 0 Å². The van der Waals surface area contributed by atoms with E-state index < -0.39 is 29.5 Å². The molecule has 8 heteroatoms. The Kier molecular flexibility index (Phi) is 3.96. The Morgan fingerprint density at radius 1 is 1.21 bits per heavy atom. The van der Waals surface area contributed by atoms with Crippen molar-refractivity contribution >= 4 is 11.4 Å². The molecule has 1 heterocycles. The van der Waals surface area contributed by atoms with Gasteiger partial charge in [0.1, 0.15) is 18.3 Å². The topological polar surface area (TPSA) is 125 Å². The van der Waals surface area contributed by atoms with E-state index in [1.807, 2.05) is 0 Å². The van der Waals surface area contributed by atoms with E-state index >= 15 is 0 Å². The van der Waals surface area contributed by atoms with Crippen LogP contribution in [0.15, 0.2) is 24.3 Å². The molecular weight excluding hydrogens is 256 g/mol. The van der Waals surface area contributed by atoms with Crippen LogP contribution in [0, 0.1) is 10.1 Å². The van der Waals surface area contributed by atoms with Gasteiger partial charge in [0, 0.05) is 17.8 Å². The van der Waals surface area contributed by atoms with Crippen LogP contribution in [0.25, 0.3) is 0 Å². The molecule has 0 aliphatic carbocycles. The number of non-ortho nitro benzene ring substituents is 1. The molecule has 0 saturated carbocycles. The Hall–Kier alpha value is -1.74. The Bertz CT molecular complexity index is 451. The van der Waals surface area contributed by atoms with Gasteiger partial charge in [-0.25, -0.2) is 0 Å². The summed E-state index contributed by atoms with van der Waals surface area (Å²) in [6, 6.07) is 5.54. The lowest BCUT2D eigenvalue weighted by Gasteiger charge is -2.35. The molecule has 19 heavy (non-hydrogen) atoms. The fourth-order valence-corrected chi connectivity index (χ4v) is 1.78. The first-order valence-corrected chi connectivity index (χ1v) is 5.66. The van der Waals surface area contributed by atoms with Gasteiger partial charge >= 0.3 is 0 Å². The first kappa shape index (κ1) is 13.7. The molecular formula is C11H14N2O6. The lowest BCUT2D eigenvalue weighted by molar-refractivity contribution is -0.384. The molecule has 1 unspecified atom stereocenters. The number of aliphatic hydroxyl groups is 3. The molecule has 0 amide bonds. The lowest BCUT2D eigenvalue weighted by atomic mass is 10.0. The fourth-order valence-electron chi connectivity index (χ4n) is 1.78. The van der Waals surface area contributed by atoms with Crippen molar-refractivity contribution in [3.63, 3.8) is 0 Å². The lowest BCUT2D eigenvalue weighted by Crippen LogP contribution is -2.55. The summed E-state index contributed by atoms with van der Waals surface area (Å²) in [5.74, 6) is 0. The minimum atomic E-state index is -1.30. The number of ether oxygens (including phenoxy) is 1. The summed E-state index contributed by atoms with van der Waals surface area (Å²) in [4.78, 5) is 9.97. The fraction of sp³-hybridized carbons (Fsp3) is 0.455. The number of hydrogen-bond donors (Lipinski definition) is 4. The average Bonchev–Trinajstić information content (AvgIpc) is 2.40. The summed E-state index contributed by atoms with van der Waals surface area (Å²) in [5.41, 5.74) is 0.448. The third kappa shape index (κ3) is 2.99. The second kappa shape index (κ2) is 5.49. The number of nitrogens with one attached hydrogen (secondary N) is 1. The number of anilines is 1. The van der Waals surface area contributed by atoms with Crippen LogP contribution in [0.3, 0.4) is 0 Å². The van der Waals surface area contributed by atoms with Crippen LogP contribution in [0.1, 0.15) is 0 Å². The largest absolute Gasteiger partial charge is 0.388 e. The summed E-state index contributed by atoms with van der Waals surface area (Å²) < 4.78 is 5.15. The van der Waals surface area contributed by atoms with Crippen LogP contribution < -0.4 is 5.32 Å². The summed E-state index contributed by atoms with van der Waals surface area (Å²) in [7, 11) is 0. The first-order chi connectivity index (χ1) is 8.99. The van der Waals surface area contributed by atoms with Crippen molar-refractivity contribution in [2.45, 2.75) is 24.5 Å². The smallest absolute Gasteiger partial charge is 0.269 e. The number of hydrogen-bond acceptors (Lipinski definition) is 7. The molecule has 8 nitrogen and oxygen atoms in total. The summed E-state index contributed by atoms with van der Waals surface area (Å²) >= 11 is 0. The zero-order valence-corrected chi connectivity index (χ0v) is 9.84. The molecule has 0 bridgehead atoms. The molecule has 1 aromatic rings. The molecule has 4 N–H and O–H groups in total. The van der Waals surface area contributed by atoms with Crippen LogP contribution in [0.4, 0.5) is 11.4 Å². The Morgan fingerprint density at radius 2 is 1.84 bits per heavy atom. The standard InChI is InChI=1S/C11H14N2O6/c14-8-5-19-11(10(16)9(8)15)12-6-1-3-7(4-2-6)13(17)18/h1-4,8-12,14-16H,5H2/t8-,9+,10+,11?/m1/s1. The van der Waals surface area contributed by atoms with Gasteiger partial charge in [-0.2, -0.15) is 0 Å². The van der Waals surface area contributed by atoms with Crippen molar-refractivity contribution in [1.29, 1.82) is 0 Å². The second-order valence-electron chi connectivity index (χ2n) is 4.25. The third-order valence-corrected chi connectivity index (χ3v) is 2.89. The van der Waals surface area contributed by atoms with Gasteiger partial charge in [-0.1, -0.05) is 0 Å². The quantitative estimate of drug-likeness (QED) is 0.428. The van der Waals surface area contributed by atoms with Gasteiger partial charge < -0.3 is 25.4 Å².